The Hall–Kier alpha value is -1.31. The number of nitrogens with one attached hydrogen (secondary N) is 2. The number of amides is 1. The molecule has 1 amide bonds. The van der Waals surface area contributed by atoms with Crippen LogP contribution >= 0.6 is 24.0 Å². The molecule has 3 unspecified atom stereocenters. The minimum Gasteiger partial charge on any atom is -0.353 e. The average Bonchev–Trinajstić information content (AvgIpc) is 3.22. The molecule has 144 valence electrons. The molecule has 3 atom stereocenters. The summed E-state index contributed by atoms with van der Waals surface area (Å²) >= 11 is 0. The van der Waals surface area contributed by atoms with E-state index in [0.29, 0.717) is 12.0 Å². The van der Waals surface area contributed by atoms with E-state index in [1.165, 1.54) is 5.56 Å². The van der Waals surface area contributed by atoms with Crippen molar-refractivity contribution in [1.82, 2.24) is 15.5 Å². The number of nitrogens with zero attached hydrogens (tertiary/aromatic N) is 2. The van der Waals surface area contributed by atoms with Crippen molar-refractivity contribution < 1.29 is 4.79 Å². The molecule has 1 saturated heterocycles. The van der Waals surface area contributed by atoms with E-state index in [-0.39, 0.29) is 41.8 Å². The minimum atomic E-state index is 0. The lowest BCUT2D eigenvalue weighted by Gasteiger charge is -2.20. The number of likely N-dealkylation sites (tertiary alicyclic amines) is 1. The Balaban J connectivity index is 0.00000243. The fraction of sp³-hybridized carbons (Fsp3) is 0.600. The molecule has 0 bridgehead atoms. The van der Waals surface area contributed by atoms with Crippen molar-refractivity contribution in [2.24, 2.45) is 10.9 Å². The number of hydrogen-bond acceptors (Lipinski definition) is 2. The summed E-state index contributed by atoms with van der Waals surface area (Å²) in [6, 6.07) is 11.4. The van der Waals surface area contributed by atoms with E-state index >= 15 is 0 Å². The molecule has 1 aromatic rings. The van der Waals surface area contributed by atoms with Crippen LogP contribution in [0, 0.1) is 5.92 Å². The molecule has 1 aromatic carbocycles. The Morgan fingerprint density at radius 1 is 1.27 bits per heavy atom. The molecule has 6 heteroatoms. The molecule has 0 aromatic heterocycles. The quantitative estimate of drug-likeness (QED) is 0.395. The number of rotatable bonds is 5. The third-order valence-electron chi connectivity index (χ3n) is 4.99. The highest BCUT2D eigenvalue weighted by Crippen LogP contribution is 2.40. The number of carbonyl (C=O) groups is 1. The maximum atomic E-state index is 12.1. The third-order valence-corrected chi connectivity index (χ3v) is 4.99. The van der Waals surface area contributed by atoms with E-state index < -0.39 is 0 Å². The van der Waals surface area contributed by atoms with Crippen molar-refractivity contribution >= 4 is 35.8 Å². The van der Waals surface area contributed by atoms with Gasteiger partial charge in [-0.25, -0.2) is 0 Å². The SMILES string of the molecule is CCN=C(NC1CCN(C(=O)C(C)C)C1)NC1CC1c1ccccc1.I. The van der Waals surface area contributed by atoms with Gasteiger partial charge >= 0.3 is 0 Å². The molecule has 1 saturated carbocycles. The lowest BCUT2D eigenvalue weighted by molar-refractivity contribution is -0.133. The highest BCUT2D eigenvalue weighted by molar-refractivity contribution is 14.0. The van der Waals surface area contributed by atoms with Crippen molar-refractivity contribution in [3.8, 4) is 0 Å². The molecule has 3 rings (SSSR count). The van der Waals surface area contributed by atoms with Gasteiger partial charge in [0.25, 0.3) is 0 Å². The van der Waals surface area contributed by atoms with Crippen LogP contribution in [0.5, 0.6) is 0 Å². The molecular formula is C20H31IN4O. The second kappa shape index (κ2) is 9.58. The molecule has 1 aliphatic heterocycles. The summed E-state index contributed by atoms with van der Waals surface area (Å²) in [6.07, 6.45) is 2.13. The van der Waals surface area contributed by atoms with Crippen LogP contribution in [0.4, 0.5) is 0 Å². The van der Waals surface area contributed by atoms with E-state index in [1.807, 2.05) is 25.7 Å². The first kappa shape index (κ1) is 21.0. The summed E-state index contributed by atoms with van der Waals surface area (Å²) < 4.78 is 0. The first-order valence-electron chi connectivity index (χ1n) is 9.49. The standard InChI is InChI=1S/C20H30N4O.HI/c1-4-21-20(22-16-10-11-24(13-16)19(25)14(2)3)23-18-12-17(18)15-8-6-5-7-9-15;/h5-9,14,16-18H,4,10-13H2,1-3H3,(H2,21,22,23);1H. The molecular weight excluding hydrogens is 439 g/mol. The summed E-state index contributed by atoms with van der Waals surface area (Å²) in [5.41, 5.74) is 1.39. The van der Waals surface area contributed by atoms with E-state index in [4.69, 9.17) is 0 Å². The number of hydrogen-bond donors (Lipinski definition) is 2. The van der Waals surface area contributed by atoms with Gasteiger partial charge in [-0.15, -0.1) is 24.0 Å². The zero-order valence-corrected chi connectivity index (χ0v) is 18.3. The monoisotopic (exact) mass is 470 g/mol. The summed E-state index contributed by atoms with van der Waals surface area (Å²) in [6.45, 7) is 8.34. The molecule has 1 aliphatic carbocycles. The smallest absolute Gasteiger partial charge is 0.225 e. The zero-order valence-electron chi connectivity index (χ0n) is 15.9. The molecule has 1 heterocycles. The molecule has 2 fully saturated rings. The van der Waals surface area contributed by atoms with Gasteiger partial charge < -0.3 is 15.5 Å². The Morgan fingerprint density at radius 2 is 2.00 bits per heavy atom. The van der Waals surface area contributed by atoms with Crippen LogP contribution in [0.1, 0.15) is 45.1 Å². The van der Waals surface area contributed by atoms with Gasteiger partial charge in [0.1, 0.15) is 0 Å². The molecule has 0 spiro atoms. The number of halogens is 1. The maximum Gasteiger partial charge on any atom is 0.225 e. The molecule has 2 aliphatic rings. The number of aliphatic imine (C=N–C) groups is 1. The first-order chi connectivity index (χ1) is 12.1. The Morgan fingerprint density at radius 3 is 2.65 bits per heavy atom. The van der Waals surface area contributed by atoms with Crippen LogP contribution in [0.2, 0.25) is 0 Å². The van der Waals surface area contributed by atoms with Gasteiger partial charge in [-0.05, 0) is 25.3 Å². The highest BCUT2D eigenvalue weighted by atomic mass is 127. The van der Waals surface area contributed by atoms with E-state index in [2.05, 4.69) is 46.0 Å². The maximum absolute atomic E-state index is 12.1. The van der Waals surface area contributed by atoms with Gasteiger partial charge in [0.15, 0.2) is 5.96 Å². The van der Waals surface area contributed by atoms with Crippen LogP contribution in [0.15, 0.2) is 35.3 Å². The predicted molar refractivity (Wildman–Crippen MR) is 117 cm³/mol. The van der Waals surface area contributed by atoms with Crippen LogP contribution in [-0.4, -0.2) is 48.5 Å². The van der Waals surface area contributed by atoms with E-state index in [1.54, 1.807) is 0 Å². The van der Waals surface area contributed by atoms with Crippen LogP contribution < -0.4 is 10.6 Å². The third kappa shape index (κ3) is 5.34. The second-order valence-corrected chi connectivity index (χ2v) is 7.40. The van der Waals surface area contributed by atoms with Gasteiger partial charge in [0, 0.05) is 43.6 Å². The summed E-state index contributed by atoms with van der Waals surface area (Å²) in [7, 11) is 0. The van der Waals surface area contributed by atoms with Gasteiger partial charge in [-0.3, -0.25) is 9.79 Å². The van der Waals surface area contributed by atoms with Crippen LogP contribution in [-0.2, 0) is 4.79 Å². The van der Waals surface area contributed by atoms with Crippen molar-refractivity contribution in [2.45, 2.75) is 51.6 Å². The first-order valence-corrected chi connectivity index (χ1v) is 9.49. The lowest BCUT2D eigenvalue weighted by Crippen LogP contribution is -2.46. The number of carbonyl (C=O) groups excluding carboxylic acids is 1. The average molecular weight is 470 g/mol. The number of benzene rings is 1. The van der Waals surface area contributed by atoms with Crippen LogP contribution in [0.3, 0.4) is 0 Å². The predicted octanol–water partition coefficient (Wildman–Crippen LogP) is 2.97. The van der Waals surface area contributed by atoms with Gasteiger partial charge in [0.2, 0.25) is 5.91 Å². The minimum absolute atomic E-state index is 0. The van der Waals surface area contributed by atoms with Gasteiger partial charge in [0.05, 0.1) is 0 Å². The summed E-state index contributed by atoms with van der Waals surface area (Å²) in [5.74, 6) is 1.78. The summed E-state index contributed by atoms with van der Waals surface area (Å²) in [5, 5.41) is 7.10. The lowest BCUT2D eigenvalue weighted by atomic mass is 10.1. The molecule has 5 nitrogen and oxygen atoms in total. The van der Waals surface area contributed by atoms with Crippen molar-refractivity contribution in [1.29, 1.82) is 0 Å². The second-order valence-electron chi connectivity index (χ2n) is 7.40. The topological polar surface area (TPSA) is 56.7 Å². The fourth-order valence-corrected chi connectivity index (χ4v) is 3.53. The normalized spacial score (nSPS) is 25.0. The molecule has 0 radical (unpaired) electrons. The zero-order chi connectivity index (χ0) is 17.8. The van der Waals surface area contributed by atoms with Crippen molar-refractivity contribution in [3.05, 3.63) is 35.9 Å². The Kier molecular flexibility index (Phi) is 7.73. The van der Waals surface area contributed by atoms with E-state index in [9.17, 15) is 4.79 Å². The highest BCUT2D eigenvalue weighted by Gasteiger charge is 2.39. The van der Waals surface area contributed by atoms with Crippen LogP contribution in [0.25, 0.3) is 0 Å². The molecule has 26 heavy (non-hydrogen) atoms. The Bertz CT molecular complexity index is 619. The largest absolute Gasteiger partial charge is 0.353 e. The fourth-order valence-electron chi connectivity index (χ4n) is 3.53. The Labute approximate surface area is 174 Å². The van der Waals surface area contributed by atoms with Crippen molar-refractivity contribution in [2.75, 3.05) is 19.6 Å². The summed E-state index contributed by atoms with van der Waals surface area (Å²) in [4.78, 5) is 18.7. The van der Waals surface area contributed by atoms with Gasteiger partial charge in [-0.1, -0.05) is 44.2 Å². The van der Waals surface area contributed by atoms with E-state index in [0.717, 1.165) is 38.4 Å². The van der Waals surface area contributed by atoms with Gasteiger partial charge in [-0.2, -0.15) is 0 Å². The number of guanidine groups is 1. The van der Waals surface area contributed by atoms with Crippen molar-refractivity contribution in [3.63, 3.8) is 0 Å². The molecule has 2 N–H and O–H groups in total.